The molecule has 0 spiro atoms. The molecule has 1 amide bonds. The summed E-state index contributed by atoms with van der Waals surface area (Å²) in [5, 5.41) is 14.3. The van der Waals surface area contributed by atoms with Gasteiger partial charge in [0.05, 0.1) is 6.07 Å². The zero-order chi connectivity index (χ0) is 11.3. The third-order valence-electron chi connectivity index (χ3n) is 1.76. The number of rotatable bonds is 3. The molecule has 0 radical (unpaired) electrons. The van der Waals surface area contributed by atoms with Gasteiger partial charge < -0.3 is 10.6 Å². The highest BCUT2D eigenvalue weighted by atomic mass is 16.1. The minimum Gasteiger partial charge on any atom is -0.370 e. The van der Waals surface area contributed by atoms with Gasteiger partial charge in [-0.2, -0.15) is 5.26 Å². The summed E-state index contributed by atoms with van der Waals surface area (Å²) in [6, 6.07) is 9.07. The fourth-order valence-corrected chi connectivity index (χ4v) is 1.17. The lowest BCUT2D eigenvalue weighted by molar-refractivity contribution is -0.114. The zero-order valence-electron chi connectivity index (χ0n) is 8.74. The number of nitriles is 1. The van der Waals surface area contributed by atoms with Crippen molar-refractivity contribution < 1.29 is 4.79 Å². The Morgan fingerprint density at radius 2 is 2.13 bits per heavy atom. The Kier molecular flexibility index (Phi) is 3.69. The van der Waals surface area contributed by atoms with E-state index in [0.29, 0.717) is 0 Å². The summed E-state index contributed by atoms with van der Waals surface area (Å²) in [4.78, 5) is 10.8. The van der Waals surface area contributed by atoms with Gasteiger partial charge in [0, 0.05) is 18.3 Å². The SMILES string of the molecule is CC(=O)Nc1cccc(NC(C)C#N)c1. The molecule has 2 N–H and O–H groups in total. The van der Waals surface area contributed by atoms with Crippen LogP contribution in [0.4, 0.5) is 11.4 Å². The third-order valence-corrected chi connectivity index (χ3v) is 1.76. The van der Waals surface area contributed by atoms with Gasteiger partial charge in [0.15, 0.2) is 0 Å². The molecule has 1 atom stereocenters. The Labute approximate surface area is 88.9 Å². The van der Waals surface area contributed by atoms with E-state index in [-0.39, 0.29) is 11.9 Å². The van der Waals surface area contributed by atoms with Crippen LogP contribution in [0.5, 0.6) is 0 Å². The number of hydrogen-bond donors (Lipinski definition) is 2. The van der Waals surface area contributed by atoms with E-state index in [1.165, 1.54) is 6.92 Å². The van der Waals surface area contributed by atoms with Crippen molar-refractivity contribution in [3.8, 4) is 6.07 Å². The summed E-state index contributed by atoms with van der Waals surface area (Å²) in [6.45, 7) is 3.23. The van der Waals surface area contributed by atoms with Crippen molar-refractivity contribution in [2.24, 2.45) is 0 Å². The maximum Gasteiger partial charge on any atom is 0.221 e. The lowest BCUT2D eigenvalue weighted by Crippen LogP contribution is -2.12. The number of carbonyl (C=O) groups is 1. The minimum atomic E-state index is -0.252. The topological polar surface area (TPSA) is 64.9 Å². The average molecular weight is 203 g/mol. The van der Waals surface area contributed by atoms with E-state index in [4.69, 9.17) is 5.26 Å². The first kappa shape index (κ1) is 11.1. The summed E-state index contributed by atoms with van der Waals surface area (Å²) in [5.74, 6) is -0.111. The van der Waals surface area contributed by atoms with Crippen molar-refractivity contribution in [3.05, 3.63) is 24.3 Å². The molecule has 0 bridgehead atoms. The van der Waals surface area contributed by atoms with Crippen LogP contribution in [0.1, 0.15) is 13.8 Å². The van der Waals surface area contributed by atoms with Crippen LogP contribution >= 0.6 is 0 Å². The highest BCUT2D eigenvalue weighted by Crippen LogP contribution is 2.15. The summed E-state index contributed by atoms with van der Waals surface area (Å²) in [5.41, 5.74) is 1.54. The van der Waals surface area contributed by atoms with E-state index in [0.717, 1.165) is 11.4 Å². The van der Waals surface area contributed by atoms with E-state index >= 15 is 0 Å². The number of nitrogens with zero attached hydrogens (tertiary/aromatic N) is 1. The summed E-state index contributed by atoms with van der Waals surface area (Å²) in [6.07, 6.45) is 0. The van der Waals surface area contributed by atoms with Gasteiger partial charge in [-0.15, -0.1) is 0 Å². The van der Waals surface area contributed by atoms with E-state index in [9.17, 15) is 4.79 Å². The first-order chi connectivity index (χ1) is 7.11. The van der Waals surface area contributed by atoms with Gasteiger partial charge in [-0.25, -0.2) is 0 Å². The molecule has 1 rings (SSSR count). The molecule has 0 aliphatic carbocycles. The van der Waals surface area contributed by atoms with E-state index in [1.54, 1.807) is 19.1 Å². The van der Waals surface area contributed by atoms with Gasteiger partial charge in [0.1, 0.15) is 6.04 Å². The smallest absolute Gasteiger partial charge is 0.221 e. The van der Waals surface area contributed by atoms with Gasteiger partial charge >= 0.3 is 0 Å². The predicted molar refractivity (Wildman–Crippen MR) is 59.4 cm³/mol. The summed E-state index contributed by atoms with van der Waals surface area (Å²) >= 11 is 0. The highest BCUT2D eigenvalue weighted by molar-refractivity contribution is 5.89. The molecule has 0 heterocycles. The number of carbonyl (C=O) groups excluding carboxylic acids is 1. The molecule has 15 heavy (non-hydrogen) atoms. The number of benzene rings is 1. The van der Waals surface area contributed by atoms with Crippen molar-refractivity contribution >= 4 is 17.3 Å². The molecule has 4 heteroatoms. The monoisotopic (exact) mass is 203 g/mol. The molecule has 4 nitrogen and oxygen atoms in total. The second kappa shape index (κ2) is 5.01. The molecule has 0 aromatic heterocycles. The van der Waals surface area contributed by atoms with Crippen LogP contribution in [0, 0.1) is 11.3 Å². The Morgan fingerprint density at radius 3 is 2.73 bits per heavy atom. The maximum absolute atomic E-state index is 10.8. The lowest BCUT2D eigenvalue weighted by atomic mass is 10.2. The maximum atomic E-state index is 10.8. The van der Waals surface area contributed by atoms with Crippen molar-refractivity contribution in [1.29, 1.82) is 5.26 Å². The van der Waals surface area contributed by atoms with Crippen LogP contribution < -0.4 is 10.6 Å². The normalized spacial score (nSPS) is 11.3. The van der Waals surface area contributed by atoms with Crippen LogP contribution in [0.25, 0.3) is 0 Å². The van der Waals surface area contributed by atoms with Crippen LogP contribution in [-0.2, 0) is 4.79 Å². The molecule has 1 unspecified atom stereocenters. The van der Waals surface area contributed by atoms with E-state index in [2.05, 4.69) is 16.7 Å². The molecular weight excluding hydrogens is 190 g/mol. The van der Waals surface area contributed by atoms with Crippen molar-refractivity contribution in [2.45, 2.75) is 19.9 Å². The molecule has 0 aliphatic rings. The predicted octanol–water partition coefficient (Wildman–Crippen LogP) is 1.97. The minimum absolute atomic E-state index is 0.111. The number of anilines is 2. The largest absolute Gasteiger partial charge is 0.370 e. The Morgan fingerprint density at radius 1 is 1.47 bits per heavy atom. The molecule has 1 aromatic carbocycles. The van der Waals surface area contributed by atoms with Gasteiger partial charge in [0.25, 0.3) is 0 Å². The van der Waals surface area contributed by atoms with Gasteiger partial charge in [0.2, 0.25) is 5.91 Å². The van der Waals surface area contributed by atoms with Gasteiger partial charge in [-0.05, 0) is 25.1 Å². The molecule has 0 fully saturated rings. The Hall–Kier alpha value is -2.02. The molecule has 0 saturated heterocycles. The Balaban J connectivity index is 2.75. The second-order valence-electron chi connectivity index (χ2n) is 3.26. The summed E-state index contributed by atoms with van der Waals surface area (Å²) in [7, 11) is 0. The van der Waals surface area contributed by atoms with Crippen LogP contribution in [0.15, 0.2) is 24.3 Å². The van der Waals surface area contributed by atoms with Crippen molar-refractivity contribution in [1.82, 2.24) is 0 Å². The fraction of sp³-hybridized carbons (Fsp3) is 0.273. The zero-order valence-corrected chi connectivity index (χ0v) is 8.74. The van der Waals surface area contributed by atoms with Crippen LogP contribution in [-0.4, -0.2) is 11.9 Å². The van der Waals surface area contributed by atoms with Crippen molar-refractivity contribution in [2.75, 3.05) is 10.6 Å². The molecule has 1 aromatic rings. The quantitative estimate of drug-likeness (QED) is 0.789. The summed E-state index contributed by atoms with van der Waals surface area (Å²) < 4.78 is 0. The average Bonchev–Trinajstić information content (AvgIpc) is 2.17. The Bertz CT molecular complexity index is 395. The number of nitrogens with one attached hydrogen (secondary N) is 2. The van der Waals surface area contributed by atoms with Crippen LogP contribution in [0.2, 0.25) is 0 Å². The molecule has 0 aliphatic heterocycles. The van der Waals surface area contributed by atoms with Gasteiger partial charge in [-0.3, -0.25) is 4.79 Å². The van der Waals surface area contributed by atoms with E-state index < -0.39 is 0 Å². The first-order valence-electron chi connectivity index (χ1n) is 4.65. The van der Waals surface area contributed by atoms with Crippen LogP contribution in [0.3, 0.4) is 0 Å². The molecule has 78 valence electrons. The second-order valence-corrected chi connectivity index (χ2v) is 3.26. The number of hydrogen-bond acceptors (Lipinski definition) is 3. The molecule has 0 saturated carbocycles. The first-order valence-corrected chi connectivity index (χ1v) is 4.65. The third kappa shape index (κ3) is 3.69. The standard InChI is InChI=1S/C11H13N3O/c1-8(7-12)13-10-4-3-5-11(6-10)14-9(2)15/h3-6,8,13H,1-2H3,(H,14,15). The van der Waals surface area contributed by atoms with Gasteiger partial charge in [-0.1, -0.05) is 6.07 Å². The highest BCUT2D eigenvalue weighted by Gasteiger charge is 2.00. The van der Waals surface area contributed by atoms with Crippen molar-refractivity contribution in [3.63, 3.8) is 0 Å². The number of amides is 1. The molecular formula is C11H13N3O. The van der Waals surface area contributed by atoms with E-state index in [1.807, 2.05) is 12.1 Å². The fourth-order valence-electron chi connectivity index (χ4n) is 1.17. The lowest BCUT2D eigenvalue weighted by Gasteiger charge is -2.09.